The first-order chi connectivity index (χ1) is 10.2. The summed E-state index contributed by atoms with van der Waals surface area (Å²) < 4.78 is 2.18. The number of nitrogens with zero attached hydrogens (tertiary/aromatic N) is 2. The topological polar surface area (TPSA) is 43.8 Å². The lowest BCUT2D eigenvalue weighted by atomic mass is 10.1. The van der Waals surface area contributed by atoms with Crippen LogP contribution in [0.1, 0.15) is 30.8 Å². The smallest absolute Gasteiger partial charge is 0.131 e. The van der Waals surface area contributed by atoms with Crippen LogP contribution in [0.4, 0.5) is 0 Å². The molecule has 1 aromatic heterocycles. The van der Waals surface area contributed by atoms with Crippen LogP contribution in [0, 0.1) is 0 Å². The average molecular weight is 300 g/mol. The van der Waals surface area contributed by atoms with Crippen molar-refractivity contribution in [1.29, 1.82) is 0 Å². The van der Waals surface area contributed by atoms with Gasteiger partial charge in [-0.2, -0.15) is 0 Å². The van der Waals surface area contributed by atoms with Crippen LogP contribution in [0.3, 0.4) is 0 Å². The second-order valence-corrected chi connectivity index (χ2v) is 5.58. The molecule has 0 bridgehead atoms. The summed E-state index contributed by atoms with van der Waals surface area (Å²) in [6.07, 6.45) is 1.02. The van der Waals surface area contributed by atoms with Crippen molar-refractivity contribution >= 4 is 22.6 Å². The minimum atomic E-state index is -0.232. The van der Waals surface area contributed by atoms with Crippen molar-refractivity contribution in [2.45, 2.75) is 25.9 Å². The number of fused-ring (bicyclic) bond motifs is 1. The molecule has 108 valence electrons. The van der Waals surface area contributed by atoms with Gasteiger partial charge in [0.1, 0.15) is 5.82 Å². The Morgan fingerprint density at radius 1 is 1.19 bits per heavy atom. The molecule has 0 aliphatic heterocycles. The Kier molecular flexibility index (Phi) is 3.95. The van der Waals surface area contributed by atoms with Crippen LogP contribution < -0.4 is 5.73 Å². The minimum Gasteiger partial charge on any atom is -0.326 e. The zero-order valence-corrected chi connectivity index (χ0v) is 12.7. The molecule has 1 heterocycles. The molecule has 1 unspecified atom stereocenters. The maximum Gasteiger partial charge on any atom is 0.131 e. The van der Waals surface area contributed by atoms with E-state index in [4.69, 9.17) is 22.3 Å². The van der Waals surface area contributed by atoms with E-state index in [9.17, 15) is 0 Å². The highest BCUT2D eigenvalue weighted by Gasteiger charge is 2.18. The highest BCUT2D eigenvalue weighted by molar-refractivity contribution is 6.31. The van der Waals surface area contributed by atoms with Gasteiger partial charge in [0, 0.05) is 11.6 Å². The second-order valence-electron chi connectivity index (χ2n) is 5.14. The number of hydrogen-bond acceptors (Lipinski definition) is 2. The largest absolute Gasteiger partial charge is 0.326 e. The standard InChI is InChI=1S/C17H18ClN3/c1-2-10-21-15-11-13(18)8-9-14(15)20-17(21)16(19)12-6-4-3-5-7-12/h3-9,11,16H,2,10,19H2,1H3. The SMILES string of the molecule is CCCn1c(C(N)c2ccccc2)nc2ccc(Cl)cc21. The lowest BCUT2D eigenvalue weighted by Gasteiger charge is -2.14. The first-order valence-electron chi connectivity index (χ1n) is 7.17. The maximum atomic E-state index is 6.43. The van der Waals surface area contributed by atoms with Crippen LogP contribution in [-0.2, 0) is 6.54 Å². The zero-order valence-electron chi connectivity index (χ0n) is 12.0. The quantitative estimate of drug-likeness (QED) is 0.786. The molecule has 3 rings (SSSR count). The van der Waals surface area contributed by atoms with E-state index in [1.807, 2.05) is 48.5 Å². The summed E-state index contributed by atoms with van der Waals surface area (Å²) in [5.41, 5.74) is 9.49. The minimum absolute atomic E-state index is 0.232. The van der Waals surface area contributed by atoms with Gasteiger partial charge < -0.3 is 10.3 Å². The molecule has 3 nitrogen and oxygen atoms in total. The van der Waals surface area contributed by atoms with Crippen LogP contribution in [0.5, 0.6) is 0 Å². The summed E-state index contributed by atoms with van der Waals surface area (Å²) >= 11 is 6.12. The highest BCUT2D eigenvalue weighted by Crippen LogP contribution is 2.26. The zero-order chi connectivity index (χ0) is 14.8. The number of aryl methyl sites for hydroxylation is 1. The molecule has 0 saturated carbocycles. The monoisotopic (exact) mass is 299 g/mol. The van der Waals surface area contributed by atoms with E-state index in [1.165, 1.54) is 0 Å². The Balaban J connectivity index is 2.15. The number of imidazole rings is 1. The molecular weight excluding hydrogens is 282 g/mol. The van der Waals surface area contributed by atoms with Gasteiger partial charge in [-0.3, -0.25) is 0 Å². The number of nitrogens with two attached hydrogens (primary N) is 1. The first-order valence-corrected chi connectivity index (χ1v) is 7.54. The Labute approximate surface area is 129 Å². The molecule has 3 aromatic rings. The molecular formula is C17H18ClN3. The van der Waals surface area contributed by atoms with Crippen molar-refractivity contribution in [2.75, 3.05) is 0 Å². The molecule has 2 aromatic carbocycles. The fourth-order valence-electron chi connectivity index (χ4n) is 2.62. The summed E-state index contributed by atoms with van der Waals surface area (Å²) in [5, 5.41) is 0.722. The lowest BCUT2D eigenvalue weighted by molar-refractivity contribution is 0.627. The van der Waals surface area contributed by atoms with Crippen LogP contribution in [-0.4, -0.2) is 9.55 Å². The van der Waals surface area contributed by atoms with Crippen LogP contribution in [0.15, 0.2) is 48.5 Å². The summed E-state index contributed by atoms with van der Waals surface area (Å²) in [6, 6.07) is 15.6. The molecule has 2 N–H and O–H groups in total. The number of rotatable bonds is 4. The normalized spacial score (nSPS) is 12.7. The van der Waals surface area contributed by atoms with Gasteiger partial charge >= 0.3 is 0 Å². The van der Waals surface area contributed by atoms with Crippen LogP contribution in [0.25, 0.3) is 11.0 Å². The number of hydrogen-bond donors (Lipinski definition) is 1. The Bertz CT molecular complexity index is 749. The van der Waals surface area contributed by atoms with Crippen molar-refractivity contribution in [3.63, 3.8) is 0 Å². The van der Waals surface area contributed by atoms with Gasteiger partial charge in [-0.25, -0.2) is 4.98 Å². The number of aromatic nitrogens is 2. The fourth-order valence-corrected chi connectivity index (χ4v) is 2.79. The van der Waals surface area contributed by atoms with Crippen molar-refractivity contribution in [3.05, 3.63) is 64.9 Å². The van der Waals surface area contributed by atoms with E-state index in [1.54, 1.807) is 0 Å². The van der Waals surface area contributed by atoms with Gasteiger partial charge in [0.2, 0.25) is 0 Å². The van der Waals surface area contributed by atoms with Crippen molar-refractivity contribution in [1.82, 2.24) is 9.55 Å². The second kappa shape index (κ2) is 5.88. The highest BCUT2D eigenvalue weighted by atomic mass is 35.5. The summed E-state index contributed by atoms with van der Waals surface area (Å²) in [7, 11) is 0. The molecule has 0 amide bonds. The molecule has 0 aliphatic rings. The van der Waals surface area contributed by atoms with E-state index in [0.29, 0.717) is 0 Å². The maximum absolute atomic E-state index is 6.43. The van der Waals surface area contributed by atoms with Gasteiger partial charge in [-0.05, 0) is 30.2 Å². The van der Waals surface area contributed by atoms with Crippen molar-refractivity contribution in [2.24, 2.45) is 5.73 Å². The van der Waals surface area contributed by atoms with Gasteiger partial charge in [0.15, 0.2) is 0 Å². The summed E-state index contributed by atoms with van der Waals surface area (Å²) in [6.45, 7) is 3.03. The van der Waals surface area contributed by atoms with Gasteiger partial charge in [-0.15, -0.1) is 0 Å². The predicted molar refractivity (Wildman–Crippen MR) is 87.5 cm³/mol. The van der Waals surface area contributed by atoms with E-state index in [0.717, 1.165) is 40.4 Å². The van der Waals surface area contributed by atoms with Crippen molar-refractivity contribution < 1.29 is 0 Å². The Hall–Kier alpha value is -1.84. The fraction of sp³-hybridized carbons (Fsp3) is 0.235. The Morgan fingerprint density at radius 2 is 1.95 bits per heavy atom. The van der Waals surface area contributed by atoms with E-state index >= 15 is 0 Å². The van der Waals surface area contributed by atoms with Gasteiger partial charge in [0.25, 0.3) is 0 Å². The third kappa shape index (κ3) is 2.67. The number of benzene rings is 2. The predicted octanol–water partition coefficient (Wildman–Crippen LogP) is 4.15. The molecule has 21 heavy (non-hydrogen) atoms. The third-order valence-corrected chi connectivity index (χ3v) is 3.86. The molecule has 0 radical (unpaired) electrons. The van der Waals surface area contributed by atoms with Gasteiger partial charge in [-0.1, -0.05) is 48.9 Å². The average Bonchev–Trinajstić information content (AvgIpc) is 2.86. The molecule has 1 atom stereocenters. The summed E-state index contributed by atoms with van der Waals surface area (Å²) in [4.78, 5) is 4.73. The lowest BCUT2D eigenvalue weighted by Crippen LogP contribution is -2.18. The first kappa shape index (κ1) is 14.1. The molecule has 4 heteroatoms. The van der Waals surface area contributed by atoms with E-state index < -0.39 is 0 Å². The van der Waals surface area contributed by atoms with Crippen LogP contribution in [0.2, 0.25) is 5.02 Å². The van der Waals surface area contributed by atoms with E-state index in [2.05, 4.69) is 11.5 Å². The van der Waals surface area contributed by atoms with E-state index in [-0.39, 0.29) is 6.04 Å². The molecule has 0 aliphatic carbocycles. The molecule has 0 saturated heterocycles. The summed E-state index contributed by atoms with van der Waals surface area (Å²) in [5.74, 6) is 0.889. The van der Waals surface area contributed by atoms with Crippen LogP contribution >= 0.6 is 11.6 Å². The van der Waals surface area contributed by atoms with Crippen molar-refractivity contribution in [3.8, 4) is 0 Å². The Morgan fingerprint density at radius 3 is 2.67 bits per heavy atom. The van der Waals surface area contributed by atoms with Gasteiger partial charge in [0.05, 0.1) is 17.1 Å². The third-order valence-electron chi connectivity index (χ3n) is 3.62. The number of halogens is 1. The molecule has 0 fully saturated rings. The molecule has 0 spiro atoms.